The van der Waals surface area contributed by atoms with Crippen molar-refractivity contribution < 1.29 is 23.5 Å². The molecule has 1 unspecified atom stereocenters. The largest absolute Gasteiger partial charge is 0.508 e. The van der Waals surface area contributed by atoms with Crippen molar-refractivity contribution in [3.8, 4) is 5.75 Å². The van der Waals surface area contributed by atoms with Crippen LogP contribution in [0.25, 0.3) is 5.57 Å². The molecule has 1 atom stereocenters. The summed E-state index contributed by atoms with van der Waals surface area (Å²) in [7, 11) is 3.55. The van der Waals surface area contributed by atoms with Gasteiger partial charge in [-0.05, 0) is 48.5 Å². The lowest BCUT2D eigenvalue weighted by Crippen LogP contribution is -2.51. The van der Waals surface area contributed by atoms with E-state index >= 15 is 0 Å². The number of amides is 3. The van der Waals surface area contributed by atoms with Crippen LogP contribution >= 0.6 is 0 Å². The average molecular weight is 471 g/mol. The average Bonchev–Trinajstić information content (AvgIpc) is 3.25. The van der Waals surface area contributed by atoms with Crippen LogP contribution in [0.15, 0.2) is 48.5 Å². The molecule has 1 N–H and O–H groups in total. The summed E-state index contributed by atoms with van der Waals surface area (Å²) in [5.41, 5.74) is 1.16. The third-order valence-corrected chi connectivity index (χ3v) is 6.32. The van der Waals surface area contributed by atoms with Crippen molar-refractivity contribution in [2.75, 3.05) is 53.4 Å². The molecule has 2 aliphatic rings. The Morgan fingerprint density at radius 3 is 2.53 bits per heavy atom. The molecule has 34 heavy (non-hydrogen) atoms. The second-order valence-electron chi connectivity index (χ2n) is 8.81. The van der Waals surface area contributed by atoms with Crippen molar-refractivity contribution in [2.24, 2.45) is 0 Å². The Balaban J connectivity index is 1.56. The van der Waals surface area contributed by atoms with Gasteiger partial charge in [-0.15, -0.1) is 0 Å². The first-order valence-electron chi connectivity index (χ1n) is 11.2. The van der Waals surface area contributed by atoms with Gasteiger partial charge >= 0.3 is 6.03 Å². The van der Waals surface area contributed by atoms with Crippen molar-refractivity contribution in [2.45, 2.75) is 6.04 Å². The molecule has 1 fully saturated rings. The van der Waals surface area contributed by atoms with E-state index in [-0.39, 0.29) is 30.3 Å². The van der Waals surface area contributed by atoms with Gasteiger partial charge in [-0.1, -0.05) is 18.2 Å². The summed E-state index contributed by atoms with van der Waals surface area (Å²) >= 11 is 0. The summed E-state index contributed by atoms with van der Waals surface area (Å²) in [6.07, 6.45) is 1.70. The zero-order chi connectivity index (χ0) is 24.4. The lowest BCUT2D eigenvalue weighted by atomic mass is 10.0. The number of hydrogen-bond donors (Lipinski definition) is 1. The Kier molecular flexibility index (Phi) is 6.83. The summed E-state index contributed by atoms with van der Waals surface area (Å²) in [6, 6.07) is 8.63. The third-order valence-electron chi connectivity index (χ3n) is 6.32. The molecule has 2 heterocycles. The third kappa shape index (κ3) is 5.04. The van der Waals surface area contributed by atoms with E-state index in [0.717, 1.165) is 31.3 Å². The highest BCUT2D eigenvalue weighted by molar-refractivity contribution is 5.86. The van der Waals surface area contributed by atoms with Crippen LogP contribution in [0.2, 0.25) is 0 Å². The van der Waals surface area contributed by atoms with E-state index in [1.165, 1.54) is 21.9 Å². The van der Waals surface area contributed by atoms with Crippen LogP contribution in [-0.2, 0) is 4.79 Å². The number of halogens is 2. The zero-order valence-electron chi connectivity index (χ0n) is 19.2. The van der Waals surface area contributed by atoms with Gasteiger partial charge in [-0.3, -0.25) is 4.79 Å². The number of aromatic hydroxyl groups is 1. The summed E-state index contributed by atoms with van der Waals surface area (Å²) in [6.45, 7) is 2.72. The lowest BCUT2D eigenvalue weighted by Gasteiger charge is -2.34. The first-order chi connectivity index (χ1) is 16.2. The summed E-state index contributed by atoms with van der Waals surface area (Å²) < 4.78 is 28.3. The summed E-state index contributed by atoms with van der Waals surface area (Å²) in [5.74, 6) is -1.27. The molecule has 4 rings (SSSR count). The molecule has 180 valence electrons. The maximum absolute atomic E-state index is 14.5. The SMILES string of the molecule is CN1CCN(C(=O)CN(C)C(=O)N2CC(c3cc(F)ccc3F)=CC2c2cccc(O)c2)CC1. The minimum absolute atomic E-state index is 0.0299. The fourth-order valence-electron chi connectivity index (χ4n) is 4.35. The smallest absolute Gasteiger partial charge is 0.321 e. The predicted molar refractivity (Wildman–Crippen MR) is 124 cm³/mol. The predicted octanol–water partition coefficient (Wildman–Crippen LogP) is 2.94. The minimum atomic E-state index is -0.613. The maximum Gasteiger partial charge on any atom is 0.321 e. The Morgan fingerprint density at radius 2 is 1.82 bits per heavy atom. The van der Waals surface area contributed by atoms with E-state index in [1.54, 1.807) is 30.2 Å². The Hall–Kier alpha value is -3.46. The molecule has 2 aliphatic heterocycles. The molecule has 9 heteroatoms. The molecular formula is C25H28F2N4O3. The summed E-state index contributed by atoms with van der Waals surface area (Å²) in [4.78, 5) is 32.9. The van der Waals surface area contributed by atoms with Crippen molar-refractivity contribution in [1.29, 1.82) is 0 Å². The highest BCUT2D eigenvalue weighted by Gasteiger charge is 2.34. The van der Waals surface area contributed by atoms with Crippen LogP contribution in [0.5, 0.6) is 5.75 Å². The van der Waals surface area contributed by atoms with Crippen LogP contribution in [-0.4, -0.2) is 90.0 Å². The van der Waals surface area contributed by atoms with Gasteiger partial charge in [-0.25, -0.2) is 13.6 Å². The van der Waals surface area contributed by atoms with Gasteiger partial charge in [0.2, 0.25) is 5.91 Å². The monoisotopic (exact) mass is 470 g/mol. The van der Waals surface area contributed by atoms with Crippen molar-refractivity contribution in [3.05, 3.63) is 71.3 Å². The number of benzene rings is 2. The molecule has 0 spiro atoms. The van der Waals surface area contributed by atoms with Crippen LogP contribution < -0.4 is 0 Å². The van der Waals surface area contributed by atoms with Gasteiger partial charge in [0.25, 0.3) is 0 Å². The van der Waals surface area contributed by atoms with E-state index in [0.29, 0.717) is 24.2 Å². The minimum Gasteiger partial charge on any atom is -0.508 e. The lowest BCUT2D eigenvalue weighted by molar-refractivity contribution is -0.133. The zero-order valence-corrected chi connectivity index (χ0v) is 19.2. The van der Waals surface area contributed by atoms with E-state index in [4.69, 9.17) is 0 Å². The molecule has 7 nitrogen and oxygen atoms in total. The van der Waals surface area contributed by atoms with Crippen LogP contribution in [0.1, 0.15) is 17.2 Å². The summed E-state index contributed by atoms with van der Waals surface area (Å²) in [5, 5.41) is 9.95. The van der Waals surface area contributed by atoms with E-state index in [9.17, 15) is 23.5 Å². The fraction of sp³-hybridized carbons (Fsp3) is 0.360. The molecule has 0 aliphatic carbocycles. The van der Waals surface area contributed by atoms with Gasteiger partial charge < -0.3 is 24.7 Å². The van der Waals surface area contributed by atoms with Gasteiger partial charge in [-0.2, -0.15) is 0 Å². The molecule has 2 aromatic carbocycles. The van der Waals surface area contributed by atoms with Gasteiger partial charge in [0, 0.05) is 45.3 Å². The van der Waals surface area contributed by atoms with Gasteiger partial charge in [0.05, 0.1) is 6.04 Å². The van der Waals surface area contributed by atoms with Gasteiger partial charge in [0.15, 0.2) is 0 Å². The quantitative estimate of drug-likeness (QED) is 0.746. The number of carbonyl (C=O) groups excluding carboxylic acids is 2. The number of likely N-dealkylation sites (N-methyl/N-ethyl adjacent to an activating group) is 2. The number of carbonyl (C=O) groups is 2. The van der Waals surface area contributed by atoms with Crippen molar-refractivity contribution in [1.82, 2.24) is 19.6 Å². The fourth-order valence-corrected chi connectivity index (χ4v) is 4.35. The van der Waals surface area contributed by atoms with E-state index in [2.05, 4.69) is 4.90 Å². The number of nitrogens with zero attached hydrogens (tertiary/aromatic N) is 4. The van der Waals surface area contributed by atoms with Crippen molar-refractivity contribution >= 4 is 17.5 Å². The van der Waals surface area contributed by atoms with Gasteiger partial charge in [0.1, 0.15) is 23.9 Å². The highest BCUT2D eigenvalue weighted by Crippen LogP contribution is 2.37. The normalized spacial score (nSPS) is 18.7. The number of piperazine rings is 1. The van der Waals surface area contributed by atoms with Crippen LogP contribution in [0.4, 0.5) is 13.6 Å². The molecule has 3 amide bonds. The van der Waals surface area contributed by atoms with Crippen molar-refractivity contribution in [3.63, 3.8) is 0 Å². The molecular weight excluding hydrogens is 442 g/mol. The Labute approximate surface area is 197 Å². The number of phenols is 1. The topological polar surface area (TPSA) is 67.3 Å². The molecule has 2 aromatic rings. The number of phenolic OH excluding ortho intramolecular Hbond substituents is 1. The highest BCUT2D eigenvalue weighted by atomic mass is 19.1. The first kappa shape index (κ1) is 23.7. The van der Waals surface area contributed by atoms with E-state index in [1.807, 2.05) is 7.05 Å². The molecule has 0 radical (unpaired) electrons. The van der Waals surface area contributed by atoms with E-state index < -0.39 is 23.7 Å². The number of rotatable bonds is 4. The molecule has 0 saturated carbocycles. The number of urea groups is 1. The second-order valence-corrected chi connectivity index (χ2v) is 8.81. The van der Waals surface area contributed by atoms with Crippen LogP contribution in [0.3, 0.4) is 0 Å². The molecule has 0 aromatic heterocycles. The van der Waals surface area contributed by atoms with Crippen LogP contribution in [0, 0.1) is 11.6 Å². The first-order valence-corrected chi connectivity index (χ1v) is 11.2. The number of hydrogen-bond acceptors (Lipinski definition) is 4. The standard InChI is InChI=1S/C25H28F2N4O3/c1-28-8-10-30(11-9-28)24(33)16-29(2)25(34)31-15-18(21-14-19(26)6-7-22(21)27)13-23(31)17-4-3-5-20(32)12-17/h3-7,12-14,23,32H,8-11,15-16H2,1-2H3. The molecule has 0 bridgehead atoms. The molecule has 1 saturated heterocycles. The maximum atomic E-state index is 14.5. The second kappa shape index (κ2) is 9.80. The Bertz CT molecular complexity index is 1120. The Morgan fingerprint density at radius 1 is 1.09 bits per heavy atom.